The molecule has 1 aliphatic rings. The lowest BCUT2D eigenvalue weighted by Crippen LogP contribution is -2.30. The average Bonchev–Trinajstić information content (AvgIpc) is 2.81. The molecule has 0 aliphatic heterocycles. The van der Waals surface area contributed by atoms with Gasteiger partial charge >= 0.3 is 0 Å². The molecule has 0 spiro atoms. The van der Waals surface area contributed by atoms with Gasteiger partial charge in [-0.25, -0.2) is 4.39 Å². The minimum atomic E-state index is -0.674. The molecule has 1 saturated carbocycles. The number of nitro groups is 1. The number of nitro benzene ring substituents is 1. The van der Waals surface area contributed by atoms with Crippen molar-refractivity contribution in [2.24, 2.45) is 11.8 Å². The van der Waals surface area contributed by atoms with E-state index in [1.807, 2.05) is 0 Å². The van der Waals surface area contributed by atoms with Crippen LogP contribution in [0.15, 0.2) is 18.2 Å². The van der Waals surface area contributed by atoms with Crippen LogP contribution in [-0.4, -0.2) is 17.4 Å². The zero-order valence-corrected chi connectivity index (χ0v) is 11.3. The number of carbonyl (C=O) groups excluding carboxylic acids is 1. The van der Waals surface area contributed by atoms with E-state index in [1.165, 1.54) is 0 Å². The molecule has 108 valence electrons. The second kappa shape index (κ2) is 5.98. The van der Waals surface area contributed by atoms with E-state index in [-0.39, 0.29) is 11.3 Å². The molecule has 2 unspecified atom stereocenters. The molecule has 6 heteroatoms. The molecule has 5 nitrogen and oxygen atoms in total. The first-order valence-corrected chi connectivity index (χ1v) is 6.71. The van der Waals surface area contributed by atoms with Crippen LogP contribution in [0.4, 0.5) is 10.1 Å². The summed E-state index contributed by atoms with van der Waals surface area (Å²) in [5, 5.41) is 13.5. The summed E-state index contributed by atoms with van der Waals surface area (Å²) < 4.78 is 13.2. The summed E-state index contributed by atoms with van der Waals surface area (Å²) in [6, 6.07) is 2.90. The number of nitrogens with one attached hydrogen (secondary N) is 1. The van der Waals surface area contributed by atoms with E-state index >= 15 is 0 Å². The fourth-order valence-electron chi connectivity index (χ4n) is 2.69. The number of amides is 1. The topological polar surface area (TPSA) is 72.2 Å². The smallest absolute Gasteiger partial charge is 0.282 e. The lowest BCUT2D eigenvalue weighted by Gasteiger charge is -2.15. The van der Waals surface area contributed by atoms with Gasteiger partial charge in [0.15, 0.2) is 0 Å². The van der Waals surface area contributed by atoms with Gasteiger partial charge in [-0.1, -0.05) is 19.8 Å². The van der Waals surface area contributed by atoms with E-state index in [1.54, 1.807) is 0 Å². The fourth-order valence-corrected chi connectivity index (χ4v) is 2.69. The summed E-state index contributed by atoms with van der Waals surface area (Å²) >= 11 is 0. The standard InChI is InChI=1S/C14H17FN2O3/c1-9-3-2-4-10(9)8-16-14(18)12-7-11(15)5-6-13(12)17(19)20/h5-7,9-10H,2-4,8H2,1H3,(H,16,18). The van der Waals surface area contributed by atoms with Crippen molar-refractivity contribution in [1.82, 2.24) is 5.32 Å². The van der Waals surface area contributed by atoms with Crippen molar-refractivity contribution in [2.75, 3.05) is 6.54 Å². The molecule has 1 fully saturated rings. The van der Waals surface area contributed by atoms with Crippen molar-refractivity contribution in [3.05, 3.63) is 39.7 Å². The van der Waals surface area contributed by atoms with Crippen LogP contribution in [0, 0.1) is 27.8 Å². The third-order valence-electron chi connectivity index (χ3n) is 3.96. The van der Waals surface area contributed by atoms with Crippen LogP contribution in [0.5, 0.6) is 0 Å². The molecule has 1 aliphatic carbocycles. The number of rotatable bonds is 4. The van der Waals surface area contributed by atoms with Crippen molar-refractivity contribution < 1.29 is 14.1 Å². The number of benzene rings is 1. The molecule has 1 aromatic carbocycles. The number of halogens is 1. The maximum absolute atomic E-state index is 13.2. The first kappa shape index (κ1) is 14.4. The average molecular weight is 280 g/mol. The Balaban J connectivity index is 2.08. The van der Waals surface area contributed by atoms with Gasteiger partial charge in [-0.2, -0.15) is 0 Å². The van der Waals surface area contributed by atoms with E-state index in [0.29, 0.717) is 18.4 Å². The van der Waals surface area contributed by atoms with E-state index in [0.717, 1.165) is 37.5 Å². The van der Waals surface area contributed by atoms with E-state index in [4.69, 9.17) is 0 Å². The third kappa shape index (κ3) is 3.12. The molecule has 1 N–H and O–H groups in total. The van der Waals surface area contributed by atoms with E-state index in [9.17, 15) is 19.3 Å². The largest absolute Gasteiger partial charge is 0.352 e. The van der Waals surface area contributed by atoms with Crippen LogP contribution in [0.3, 0.4) is 0 Å². The summed E-state index contributed by atoms with van der Waals surface area (Å²) in [6.45, 7) is 2.61. The second-order valence-corrected chi connectivity index (χ2v) is 5.30. The molecule has 0 heterocycles. The molecule has 2 rings (SSSR count). The Labute approximate surface area is 116 Å². The minimum absolute atomic E-state index is 0.222. The Kier molecular flexibility index (Phi) is 4.32. The van der Waals surface area contributed by atoms with Crippen molar-refractivity contribution in [2.45, 2.75) is 26.2 Å². The number of hydrogen-bond acceptors (Lipinski definition) is 3. The molecule has 0 saturated heterocycles. The minimum Gasteiger partial charge on any atom is -0.352 e. The SMILES string of the molecule is CC1CCCC1CNC(=O)c1cc(F)ccc1[N+](=O)[O-]. The van der Waals surface area contributed by atoms with Crippen LogP contribution >= 0.6 is 0 Å². The van der Waals surface area contributed by atoms with E-state index in [2.05, 4.69) is 12.2 Å². The molecule has 1 aromatic rings. The van der Waals surface area contributed by atoms with Crippen LogP contribution in [0.25, 0.3) is 0 Å². The van der Waals surface area contributed by atoms with Crippen LogP contribution < -0.4 is 5.32 Å². The molecule has 0 bridgehead atoms. The Morgan fingerprint density at radius 1 is 1.50 bits per heavy atom. The maximum Gasteiger partial charge on any atom is 0.282 e. The predicted octanol–water partition coefficient (Wildman–Crippen LogP) is 2.90. The van der Waals surface area contributed by atoms with Gasteiger partial charge in [-0.05, 0) is 30.4 Å². The van der Waals surface area contributed by atoms with Crippen molar-refractivity contribution in [3.63, 3.8) is 0 Å². The predicted molar refractivity (Wildman–Crippen MR) is 71.9 cm³/mol. The normalized spacial score (nSPS) is 21.7. The van der Waals surface area contributed by atoms with E-state index < -0.39 is 16.6 Å². The first-order valence-electron chi connectivity index (χ1n) is 6.71. The lowest BCUT2D eigenvalue weighted by atomic mass is 9.98. The summed E-state index contributed by atoms with van der Waals surface area (Å²) in [7, 11) is 0. The highest BCUT2D eigenvalue weighted by Crippen LogP contribution is 2.30. The summed E-state index contributed by atoms with van der Waals surface area (Å²) in [6.07, 6.45) is 3.33. The molecule has 2 atom stereocenters. The number of carbonyl (C=O) groups is 1. The van der Waals surface area contributed by atoms with Gasteiger partial charge in [0, 0.05) is 12.6 Å². The van der Waals surface area contributed by atoms with Gasteiger partial charge in [-0.3, -0.25) is 14.9 Å². The van der Waals surface area contributed by atoms with Crippen LogP contribution in [0.2, 0.25) is 0 Å². The molecule has 0 radical (unpaired) electrons. The zero-order valence-electron chi connectivity index (χ0n) is 11.3. The lowest BCUT2D eigenvalue weighted by molar-refractivity contribution is -0.385. The van der Waals surface area contributed by atoms with Crippen molar-refractivity contribution in [3.8, 4) is 0 Å². The Morgan fingerprint density at radius 2 is 2.25 bits per heavy atom. The monoisotopic (exact) mass is 280 g/mol. The Hall–Kier alpha value is -1.98. The zero-order chi connectivity index (χ0) is 14.7. The second-order valence-electron chi connectivity index (χ2n) is 5.30. The molecular formula is C14H17FN2O3. The van der Waals surface area contributed by atoms with Gasteiger partial charge in [0.25, 0.3) is 11.6 Å². The highest BCUT2D eigenvalue weighted by Gasteiger charge is 2.25. The number of nitrogens with zero attached hydrogens (tertiary/aromatic N) is 1. The highest BCUT2D eigenvalue weighted by atomic mass is 19.1. The van der Waals surface area contributed by atoms with Gasteiger partial charge in [0.2, 0.25) is 0 Å². The Bertz CT molecular complexity index is 533. The van der Waals surface area contributed by atoms with Crippen molar-refractivity contribution in [1.29, 1.82) is 0 Å². The quantitative estimate of drug-likeness (QED) is 0.680. The fraction of sp³-hybridized carbons (Fsp3) is 0.500. The van der Waals surface area contributed by atoms with Gasteiger partial charge < -0.3 is 5.32 Å². The first-order chi connectivity index (χ1) is 9.49. The summed E-state index contributed by atoms with van der Waals surface area (Å²) in [5.41, 5.74) is -0.593. The van der Waals surface area contributed by atoms with Gasteiger partial charge in [0.05, 0.1) is 4.92 Å². The third-order valence-corrected chi connectivity index (χ3v) is 3.96. The van der Waals surface area contributed by atoms with Crippen molar-refractivity contribution >= 4 is 11.6 Å². The number of hydrogen-bond donors (Lipinski definition) is 1. The molecule has 0 aromatic heterocycles. The maximum atomic E-state index is 13.2. The van der Waals surface area contributed by atoms with Gasteiger partial charge in [0.1, 0.15) is 11.4 Å². The summed E-state index contributed by atoms with van der Waals surface area (Å²) in [4.78, 5) is 22.2. The van der Waals surface area contributed by atoms with Gasteiger partial charge in [-0.15, -0.1) is 0 Å². The Morgan fingerprint density at radius 3 is 2.85 bits per heavy atom. The van der Waals surface area contributed by atoms with Crippen LogP contribution in [-0.2, 0) is 0 Å². The van der Waals surface area contributed by atoms with Crippen LogP contribution in [0.1, 0.15) is 36.5 Å². The molecular weight excluding hydrogens is 263 g/mol. The summed E-state index contributed by atoms with van der Waals surface area (Å²) in [5.74, 6) is -0.311. The molecule has 20 heavy (non-hydrogen) atoms. The molecule has 1 amide bonds. The highest BCUT2D eigenvalue weighted by molar-refractivity contribution is 5.98.